The van der Waals surface area contributed by atoms with Crippen molar-refractivity contribution in [1.82, 2.24) is 15.1 Å². The molecule has 2 amide bonds. The van der Waals surface area contributed by atoms with Crippen molar-refractivity contribution in [2.75, 3.05) is 33.2 Å². The van der Waals surface area contributed by atoms with Crippen molar-refractivity contribution < 1.29 is 9.59 Å². The Kier molecular flexibility index (Phi) is 6.20. The fourth-order valence-electron chi connectivity index (χ4n) is 4.64. The second kappa shape index (κ2) is 8.42. The largest absolute Gasteiger partial charge is 0.354 e. The molecule has 148 valence electrons. The zero-order valence-electron chi connectivity index (χ0n) is 16.9. The van der Waals surface area contributed by atoms with Gasteiger partial charge in [0, 0.05) is 32.6 Å². The molecule has 2 saturated heterocycles. The lowest BCUT2D eigenvalue weighted by Crippen LogP contribution is -2.53. The average molecular weight is 372 g/mol. The third-order valence-electron chi connectivity index (χ3n) is 6.11. The van der Waals surface area contributed by atoms with Crippen LogP contribution in [-0.4, -0.2) is 60.9 Å². The number of likely N-dealkylation sites (tertiary alicyclic amines) is 2. The molecule has 0 aliphatic carbocycles. The van der Waals surface area contributed by atoms with E-state index in [1.54, 1.807) is 0 Å². The van der Waals surface area contributed by atoms with Gasteiger partial charge in [0.2, 0.25) is 11.8 Å². The highest BCUT2D eigenvalue weighted by Crippen LogP contribution is 2.45. The SMILES string of the molecule is CC(C)NC(=O)CCN1CCC2(CC1)C[C@H](c1ccccc1)C(=O)N(C)C2. The lowest BCUT2D eigenvalue weighted by atomic mass is 9.67. The first-order valence-corrected chi connectivity index (χ1v) is 10.2. The van der Waals surface area contributed by atoms with Gasteiger partial charge >= 0.3 is 0 Å². The summed E-state index contributed by atoms with van der Waals surface area (Å²) in [5.41, 5.74) is 1.35. The van der Waals surface area contributed by atoms with E-state index in [0.717, 1.165) is 51.0 Å². The van der Waals surface area contributed by atoms with Crippen LogP contribution in [0, 0.1) is 5.41 Å². The summed E-state index contributed by atoms with van der Waals surface area (Å²) in [7, 11) is 1.95. The van der Waals surface area contributed by atoms with Gasteiger partial charge in [0.25, 0.3) is 0 Å². The molecule has 1 aromatic rings. The van der Waals surface area contributed by atoms with E-state index in [0.29, 0.717) is 6.42 Å². The molecule has 0 unspecified atom stereocenters. The number of likely N-dealkylation sites (N-methyl/N-ethyl adjacent to an activating group) is 1. The monoisotopic (exact) mass is 371 g/mol. The minimum absolute atomic E-state index is 0.0201. The molecule has 0 radical (unpaired) electrons. The quantitative estimate of drug-likeness (QED) is 0.866. The molecule has 2 aliphatic heterocycles. The molecule has 27 heavy (non-hydrogen) atoms. The van der Waals surface area contributed by atoms with Crippen molar-refractivity contribution in [2.45, 2.75) is 51.5 Å². The Labute approximate surface area is 163 Å². The van der Waals surface area contributed by atoms with Gasteiger partial charge in [-0.3, -0.25) is 9.59 Å². The number of hydrogen-bond donors (Lipinski definition) is 1. The van der Waals surface area contributed by atoms with Crippen LogP contribution < -0.4 is 5.32 Å². The Hall–Kier alpha value is -1.88. The normalized spacial score (nSPS) is 23.0. The van der Waals surface area contributed by atoms with Crippen LogP contribution in [0.1, 0.15) is 51.0 Å². The minimum atomic E-state index is -0.0201. The lowest BCUT2D eigenvalue weighted by Gasteiger charge is -2.49. The molecule has 0 saturated carbocycles. The zero-order valence-corrected chi connectivity index (χ0v) is 16.9. The number of nitrogens with one attached hydrogen (secondary N) is 1. The second-order valence-corrected chi connectivity index (χ2v) is 8.68. The number of nitrogens with zero attached hydrogens (tertiary/aromatic N) is 2. The van der Waals surface area contributed by atoms with Crippen LogP contribution >= 0.6 is 0 Å². The molecule has 2 aliphatic rings. The molecule has 0 bridgehead atoms. The van der Waals surface area contributed by atoms with E-state index in [1.807, 2.05) is 44.0 Å². The van der Waals surface area contributed by atoms with Crippen LogP contribution in [0.15, 0.2) is 30.3 Å². The first kappa shape index (κ1) is 19.9. The molecule has 2 fully saturated rings. The van der Waals surface area contributed by atoms with E-state index in [-0.39, 0.29) is 29.2 Å². The van der Waals surface area contributed by atoms with Crippen molar-refractivity contribution in [1.29, 1.82) is 0 Å². The summed E-state index contributed by atoms with van der Waals surface area (Å²) in [4.78, 5) is 29.0. The predicted molar refractivity (Wildman–Crippen MR) is 107 cm³/mol. The number of carbonyl (C=O) groups is 2. The third kappa shape index (κ3) is 4.89. The van der Waals surface area contributed by atoms with E-state index in [4.69, 9.17) is 0 Å². The van der Waals surface area contributed by atoms with Gasteiger partial charge in [-0.05, 0) is 57.2 Å². The maximum atomic E-state index is 12.8. The first-order valence-electron chi connectivity index (χ1n) is 10.2. The summed E-state index contributed by atoms with van der Waals surface area (Å²) >= 11 is 0. The highest BCUT2D eigenvalue weighted by atomic mass is 16.2. The first-order chi connectivity index (χ1) is 12.9. The number of rotatable bonds is 5. The summed E-state index contributed by atoms with van der Waals surface area (Å²) < 4.78 is 0. The molecule has 2 heterocycles. The molecule has 1 atom stereocenters. The van der Waals surface area contributed by atoms with Gasteiger partial charge in [-0.15, -0.1) is 0 Å². The third-order valence-corrected chi connectivity index (χ3v) is 6.11. The molecule has 5 nitrogen and oxygen atoms in total. The summed E-state index contributed by atoms with van der Waals surface area (Å²) in [6.07, 6.45) is 3.71. The van der Waals surface area contributed by atoms with Gasteiger partial charge in [-0.1, -0.05) is 30.3 Å². The topological polar surface area (TPSA) is 52.7 Å². The van der Waals surface area contributed by atoms with Crippen LogP contribution in [0.4, 0.5) is 0 Å². The van der Waals surface area contributed by atoms with Crippen LogP contribution in [-0.2, 0) is 9.59 Å². The Bertz CT molecular complexity index is 651. The van der Waals surface area contributed by atoms with Crippen molar-refractivity contribution in [3.8, 4) is 0 Å². The summed E-state index contributed by atoms with van der Waals surface area (Å²) in [6, 6.07) is 10.4. The number of carbonyl (C=O) groups excluding carboxylic acids is 2. The summed E-state index contributed by atoms with van der Waals surface area (Å²) in [5.74, 6) is 0.366. The predicted octanol–water partition coefficient (Wildman–Crippen LogP) is 2.63. The van der Waals surface area contributed by atoms with E-state index >= 15 is 0 Å². The van der Waals surface area contributed by atoms with Crippen molar-refractivity contribution >= 4 is 11.8 Å². The maximum Gasteiger partial charge on any atom is 0.229 e. The number of piperidine rings is 2. The Morgan fingerprint density at radius 3 is 2.52 bits per heavy atom. The van der Waals surface area contributed by atoms with Gasteiger partial charge in [0.05, 0.1) is 5.92 Å². The van der Waals surface area contributed by atoms with Gasteiger partial charge in [0.15, 0.2) is 0 Å². The fraction of sp³-hybridized carbons (Fsp3) is 0.636. The lowest BCUT2D eigenvalue weighted by molar-refractivity contribution is -0.140. The molecule has 1 spiro atoms. The van der Waals surface area contributed by atoms with E-state index in [2.05, 4.69) is 22.3 Å². The molecular weight excluding hydrogens is 338 g/mol. The van der Waals surface area contributed by atoms with Gasteiger partial charge in [0.1, 0.15) is 0 Å². The Morgan fingerprint density at radius 2 is 1.89 bits per heavy atom. The molecular formula is C22H33N3O2. The summed E-state index contributed by atoms with van der Waals surface area (Å²) in [6.45, 7) is 7.69. The van der Waals surface area contributed by atoms with E-state index in [1.165, 1.54) is 0 Å². The summed E-state index contributed by atoms with van der Waals surface area (Å²) in [5, 5.41) is 2.96. The molecule has 5 heteroatoms. The van der Waals surface area contributed by atoms with Crippen molar-refractivity contribution in [3.05, 3.63) is 35.9 Å². The maximum absolute atomic E-state index is 12.8. The molecule has 3 rings (SSSR count). The smallest absolute Gasteiger partial charge is 0.229 e. The Morgan fingerprint density at radius 1 is 1.22 bits per heavy atom. The van der Waals surface area contributed by atoms with Crippen molar-refractivity contribution in [3.63, 3.8) is 0 Å². The zero-order chi connectivity index (χ0) is 19.4. The average Bonchev–Trinajstić information content (AvgIpc) is 2.65. The highest BCUT2D eigenvalue weighted by Gasteiger charge is 2.44. The van der Waals surface area contributed by atoms with Crippen LogP contribution in [0.5, 0.6) is 0 Å². The molecule has 1 N–H and O–H groups in total. The van der Waals surface area contributed by atoms with Crippen LogP contribution in [0.25, 0.3) is 0 Å². The van der Waals surface area contributed by atoms with Gasteiger partial charge in [-0.2, -0.15) is 0 Å². The number of amides is 2. The standard InChI is InChI=1S/C22H33N3O2/c1-17(2)23-20(26)9-12-25-13-10-22(11-14-25)15-19(21(27)24(3)16-22)18-7-5-4-6-8-18/h4-8,17,19H,9-16H2,1-3H3,(H,23,26)/t19-/m1/s1. The van der Waals surface area contributed by atoms with E-state index < -0.39 is 0 Å². The van der Waals surface area contributed by atoms with Crippen molar-refractivity contribution in [2.24, 2.45) is 5.41 Å². The second-order valence-electron chi connectivity index (χ2n) is 8.68. The molecule has 0 aromatic heterocycles. The Balaban J connectivity index is 1.58. The van der Waals surface area contributed by atoms with Gasteiger partial charge in [-0.25, -0.2) is 0 Å². The van der Waals surface area contributed by atoms with Gasteiger partial charge < -0.3 is 15.1 Å². The fourth-order valence-corrected chi connectivity index (χ4v) is 4.64. The minimum Gasteiger partial charge on any atom is -0.354 e. The molecule has 1 aromatic carbocycles. The van der Waals surface area contributed by atoms with Crippen LogP contribution in [0.2, 0.25) is 0 Å². The number of hydrogen-bond acceptors (Lipinski definition) is 3. The van der Waals surface area contributed by atoms with Crippen LogP contribution in [0.3, 0.4) is 0 Å². The van der Waals surface area contributed by atoms with E-state index in [9.17, 15) is 9.59 Å². The highest BCUT2D eigenvalue weighted by molar-refractivity contribution is 5.84. The number of benzene rings is 1.